The van der Waals surface area contributed by atoms with Gasteiger partial charge in [0.05, 0.1) is 0 Å². The zero-order chi connectivity index (χ0) is 15.4. The van der Waals surface area contributed by atoms with Crippen LogP contribution in [0, 0.1) is 0 Å². The van der Waals surface area contributed by atoms with Crippen LogP contribution in [0.4, 0.5) is 0 Å². The fraction of sp³-hybridized carbons (Fsp3) is 0.438. The molecule has 2 aromatic rings. The normalized spacial score (nSPS) is 18.4. The Hall–Kier alpha value is -2.21. The summed E-state index contributed by atoms with van der Waals surface area (Å²) >= 11 is 0. The number of rotatable bonds is 4. The number of benzene rings is 1. The van der Waals surface area contributed by atoms with Gasteiger partial charge in [0.25, 0.3) is 0 Å². The summed E-state index contributed by atoms with van der Waals surface area (Å²) in [6.45, 7) is 4.54. The molecule has 0 spiro atoms. The maximum atomic E-state index is 12.3. The molecule has 3 rings (SSSR count). The first kappa shape index (κ1) is 14.7. The van der Waals surface area contributed by atoms with Gasteiger partial charge in [-0.2, -0.15) is 0 Å². The van der Waals surface area contributed by atoms with E-state index in [1.807, 2.05) is 39.8 Å². The van der Waals surface area contributed by atoms with Gasteiger partial charge in [-0.25, -0.2) is 0 Å². The lowest BCUT2D eigenvalue weighted by Gasteiger charge is -2.31. The molecule has 1 atom stereocenters. The van der Waals surface area contributed by atoms with Crippen LogP contribution in [0.2, 0.25) is 0 Å². The topological polar surface area (TPSA) is 63.1 Å². The molecule has 6 nitrogen and oxygen atoms in total. The Morgan fingerprint density at radius 3 is 2.95 bits per heavy atom. The molecular formula is C16H21N5O. The van der Waals surface area contributed by atoms with Gasteiger partial charge >= 0.3 is 0 Å². The molecule has 0 bridgehead atoms. The first-order valence-corrected chi connectivity index (χ1v) is 7.69. The lowest BCUT2D eigenvalue weighted by atomic mass is 10.2. The predicted molar refractivity (Wildman–Crippen MR) is 83.7 cm³/mol. The summed E-state index contributed by atoms with van der Waals surface area (Å²) in [6, 6.07) is 10.3. The molecule has 1 aliphatic rings. The Morgan fingerprint density at radius 1 is 1.36 bits per heavy atom. The van der Waals surface area contributed by atoms with Crippen LogP contribution in [0.5, 0.6) is 0 Å². The van der Waals surface area contributed by atoms with E-state index in [4.69, 9.17) is 0 Å². The summed E-state index contributed by atoms with van der Waals surface area (Å²) in [7, 11) is 0. The highest BCUT2D eigenvalue weighted by Gasteiger charge is 2.20. The number of nitrogens with zero attached hydrogens (tertiary/aromatic N) is 4. The minimum Gasteiger partial charge on any atom is -0.340 e. The maximum absolute atomic E-state index is 12.3. The predicted octanol–water partition coefficient (Wildman–Crippen LogP) is 1.02. The van der Waals surface area contributed by atoms with Crippen molar-refractivity contribution in [3.63, 3.8) is 0 Å². The molecular weight excluding hydrogens is 278 g/mol. The molecule has 1 fully saturated rings. The molecule has 0 radical (unpaired) electrons. The summed E-state index contributed by atoms with van der Waals surface area (Å²) in [5.74, 6) is 1.01. The molecule has 1 saturated heterocycles. The Labute approximate surface area is 130 Å². The highest BCUT2D eigenvalue weighted by molar-refractivity contribution is 5.76. The number of hydrogen-bond donors (Lipinski definition) is 1. The molecule has 22 heavy (non-hydrogen) atoms. The number of nitrogens with one attached hydrogen (secondary N) is 1. The monoisotopic (exact) mass is 299 g/mol. The van der Waals surface area contributed by atoms with Crippen molar-refractivity contribution in [1.29, 1.82) is 0 Å². The molecule has 1 unspecified atom stereocenters. The highest BCUT2D eigenvalue weighted by Crippen LogP contribution is 2.11. The molecule has 2 heterocycles. The lowest BCUT2D eigenvalue weighted by molar-refractivity contribution is -0.132. The van der Waals surface area contributed by atoms with Crippen molar-refractivity contribution in [2.75, 3.05) is 19.6 Å². The second-order valence-electron chi connectivity index (χ2n) is 5.65. The van der Waals surface area contributed by atoms with Crippen molar-refractivity contribution >= 4 is 5.91 Å². The van der Waals surface area contributed by atoms with Gasteiger partial charge in [-0.05, 0) is 19.1 Å². The van der Waals surface area contributed by atoms with Crippen LogP contribution in [0.1, 0.15) is 19.2 Å². The Kier molecular flexibility index (Phi) is 4.48. The number of carbonyl (C=O) groups is 1. The number of amides is 1. The van der Waals surface area contributed by atoms with Gasteiger partial charge in [0.2, 0.25) is 5.91 Å². The molecule has 0 aliphatic carbocycles. The number of hydrogen-bond acceptors (Lipinski definition) is 4. The lowest BCUT2D eigenvalue weighted by Crippen LogP contribution is -2.51. The first-order chi connectivity index (χ1) is 10.7. The molecule has 116 valence electrons. The summed E-state index contributed by atoms with van der Waals surface area (Å²) in [5.41, 5.74) is 1.02. The average molecular weight is 299 g/mol. The van der Waals surface area contributed by atoms with Crippen LogP contribution in [-0.2, 0) is 11.2 Å². The molecule has 1 aromatic carbocycles. The number of piperazine rings is 1. The largest absolute Gasteiger partial charge is 0.340 e. The fourth-order valence-corrected chi connectivity index (χ4v) is 2.77. The van der Waals surface area contributed by atoms with Crippen LogP contribution in [0.25, 0.3) is 5.69 Å². The van der Waals surface area contributed by atoms with Crippen LogP contribution in [-0.4, -0.2) is 51.2 Å². The third-order valence-electron chi connectivity index (χ3n) is 3.94. The van der Waals surface area contributed by atoms with Crippen molar-refractivity contribution in [3.05, 3.63) is 42.5 Å². The second-order valence-corrected chi connectivity index (χ2v) is 5.65. The van der Waals surface area contributed by atoms with Gasteiger partial charge in [0, 0.05) is 44.2 Å². The third kappa shape index (κ3) is 3.33. The van der Waals surface area contributed by atoms with Gasteiger partial charge in [-0.15, -0.1) is 10.2 Å². The molecule has 1 aromatic heterocycles. The third-order valence-corrected chi connectivity index (χ3v) is 3.94. The van der Waals surface area contributed by atoms with E-state index in [2.05, 4.69) is 22.4 Å². The second kappa shape index (κ2) is 6.70. The van der Waals surface area contributed by atoms with E-state index in [0.717, 1.165) is 31.1 Å². The summed E-state index contributed by atoms with van der Waals surface area (Å²) < 4.78 is 1.94. The Morgan fingerprint density at radius 2 is 2.18 bits per heavy atom. The van der Waals surface area contributed by atoms with Gasteiger partial charge in [0.1, 0.15) is 12.2 Å². The van der Waals surface area contributed by atoms with Crippen LogP contribution >= 0.6 is 0 Å². The smallest absolute Gasteiger partial charge is 0.223 e. The van der Waals surface area contributed by atoms with Crippen LogP contribution in [0.15, 0.2) is 36.7 Å². The minimum atomic E-state index is 0.191. The van der Waals surface area contributed by atoms with E-state index in [9.17, 15) is 4.79 Å². The SMILES string of the molecule is CC1CN(C(=O)CCc2nncn2-c2ccccc2)CCN1. The summed E-state index contributed by atoms with van der Waals surface area (Å²) in [6.07, 6.45) is 2.77. The van der Waals surface area contributed by atoms with Crippen molar-refractivity contribution in [2.24, 2.45) is 0 Å². The van der Waals surface area contributed by atoms with E-state index < -0.39 is 0 Å². The van der Waals surface area contributed by atoms with Gasteiger partial charge in [-0.3, -0.25) is 9.36 Å². The number of aryl methyl sites for hydroxylation is 1. The Bertz CT molecular complexity index is 624. The fourth-order valence-electron chi connectivity index (χ4n) is 2.77. The van der Waals surface area contributed by atoms with Gasteiger partial charge in [-0.1, -0.05) is 18.2 Å². The highest BCUT2D eigenvalue weighted by atomic mass is 16.2. The van der Waals surface area contributed by atoms with Crippen molar-refractivity contribution < 1.29 is 4.79 Å². The van der Waals surface area contributed by atoms with Crippen molar-refractivity contribution in [3.8, 4) is 5.69 Å². The molecule has 6 heteroatoms. The quantitative estimate of drug-likeness (QED) is 0.915. The van der Waals surface area contributed by atoms with Crippen molar-refractivity contribution in [1.82, 2.24) is 25.0 Å². The van der Waals surface area contributed by atoms with E-state index in [0.29, 0.717) is 18.9 Å². The van der Waals surface area contributed by atoms with Crippen LogP contribution < -0.4 is 5.32 Å². The number of carbonyl (C=O) groups excluding carboxylic acids is 1. The van der Waals surface area contributed by atoms with E-state index in [1.165, 1.54) is 0 Å². The zero-order valence-electron chi connectivity index (χ0n) is 12.8. The zero-order valence-corrected chi connectivity index (χ0v) is 12.8. The number of aromatic nitrogens is 3. The molecule has 0 saturated carbocycles. The Balaban J connectivity index is 1.63. The van der Waals surface area contributed by atoms with E-state index in [1.54, 1.807) is 6.33 Å². The van der Waals surface area contributed by atoms with E-state index >= 15 is 0 Å². The summed E-state index contributed by atoms with van der Waals surface area (Å²) in [5, 5.41) is 11.5. The standard InChI is InChI=1S/C16H21N5O/c1-13-11-20(10-9-17-13)16(22)8-7-15-19-18-12-21(15)14-5-3-2-4-6-14/h2-6,12-13,17H,7-11H2,1H3. The van der Waals surface area contributed by atoms with Crippen LogP contribution in [0.3, 0.4) is 0 Å². The average Bonchev–Trinajstić information content (AvgIpc) is 3.02. The first-order valence-electron chi connectivity index (χ1n) is 7.69. The van der Waals surface area contributed by atoms with Gasteiger partial charge < -0.3 is 10.2 Å². The molecule has 1 amide bonds. The van der Waals surface area contributed by atoms with E-state index in [-0.39, 0.29) is 5.91 Å². The minimum absolute atomic E-state index is 0.191. The maximum Gasteiger partial charge on any atom is 0.223 e. The van der Waals surface area contributed by atoms with Gasteiger partial charge in [0.15, 0.2) is 0 Å². The number of para-hydroxylation sites is 1. The molecule has 1 N–H and O–H groups in total. The van der Waals surface area contributed by atoms with Crippen molar-refractivity contribution in [2.45, 2.75) is 25.8 Å². The molecule has 1 aliphatic heterocycles. The summed E-state index contributed by atoms with van der Waals surface area (Å²) in [4.78, 5) is 14.3.